The van der Waals surface area contributed by atoms with Crippen LogP contribution in [0.2, 0.25) is 0 Å². The molecule has 0 radical (unpaired) electrons. The SMILES string of the molecule is CCOC(=O)N1CCN(Cc2ccc(F)c(NC(=O)Nc3ccc(C)nc3)c2)C[C@H]1COC. The van der Waals surface area contributed by atoms with E-state index in [1.54, 1.807) is 43.2 Å². The van der Waals surface area contributed by atoms with Crippen molar-refractivity contribution < 1.29 is 23.5 Å². The number of hydrogen-bond donors (Lipinski definition) is 2. The highest BCUT2D eigenvalue weighted by molar-refractivity contribution is 5.99. The number of aromatic nitrogens is 1. The Kier molecular flexibility index (Phi) is 8.56. The van der Waals surface area contributed by atoms with E-state index in [4.69, 9.17) is 9.47 Å². The topological polar surface area (TPSA) is 96.0 Å². The number of urea groups is 1. The fourth-order valence-corrected chi connectivity index (χ4v) is 3.70. The maximum Gasteiger partial charge on any atom is 0.410 e. The van der Waals surface area contributed by atoms with Crippen molar-refractivity contribution in [2.45, 2.75) is 26.4 Å². The Morgan fingerprint density at radius 2 is 2.03 bits per heavy atom. The number of nitrogens with one attached hydrogen (secondary N) is 2. The van der Waals surface area contributed by atoms with Crippen LogP contribution in [0.1, 0.15) is 18.2 Å². The summed E-state index contributed by atoms with van der Waals surface area (Å²) in [4.78, 5) is 32.5. The van der Waals surface area contributed by atoms with E-state index in [0.717, 1.165) is 11.3 Å². The number of anilines is 2. The second-order valence-corrected chi connectivity index (χ2v) is 7.82. The molecule has 2 heterocycles. The number of amides is 3. The minimum absolute atomic E-state index is 0.0867. The first kappa shape index (κ1) is 24.4. The lowest BCUT2D eigenvalue weighted by atomic mass is 10.1. The molecule has 1 aromatic carbocycles. The molecule has 2 aromatic rings. The third kappa shape index (κ3) is 6.87. The molecular formula is C23H30FN5O4. The lowest BCUT2D eigenvalue weighted by Crippen LogP contribution is -2.56. The number of hydrogen-bond acceptors (Lipinski definition) is 6. The molecule has 0 saturated carbocycles. The molecule has 3 amide bonds. The van der Waals surface area contributed by atoms with Gasteiger partial charge in [0, 0.05) is 39.0 Å². The molecular weight excluding hydrogens is 429 g/mol. The Labute approximate surface area is 192 Å². The van der Waals surface area contributed by atoms with Gasteiger partial charge in [0.05, 0.1) is 36.8 Å². The summed E-state index contributed by atoms with van der Waals surface area (Å²) in [5.41, 5.74) is 2.27. The summed E-state index contributed by atoms with van der Waals surface area (Å²) in [5, 5.41) is 5.19. The van der Waals surface area contributed by atoms with E-state index in [9.17, 15) is 14.0 Å². The molecule has 1 fully saturated rings. The van der Waals surface area contributed by atoms with E-state index in [1.165, 1.54) is 12.3 Å². The zero-order chi connectivity index (χ0) is 23.8. The van der Waals surface area contributed by atoms with E-state index in [1.807, 2.05) is 6.92 Å². The van der Waals surface area contributed by atoms with Gasteiger partial charge in [-0.2, -0.15) is 0 Å². The van der Waals surface area contributed by atoms with Crippen LogP contribution < -0.4 is 10.6 Å². The van der Waals surface area contributed by atoms with Crippen molar-refractivity contribution in [2.24, 2.45) is 0 Å². The fraction of sp³-hybridized carbons (Fsp3) is 0.435. The van der Waals surface area contributed by atoms with E-state index >= 15 is 0 Å². The molecule has 0 aliphatic carbocycles. The highest BCUT2D eigenvalue weighted by atomic mass is 19.1. The van der Waals surface area contributed by atoms with Crippen LogP contribution in [-0.2, 0) is 16.0 Å². The summed E-state index contributed by atoms with van der Waals surface area (Å²) >= 11 is 0. The average Bonchev–Trinajstić information content (AvgIpc) is 2.78. The van der Waals surface area contributed by atoms with E-state index < -0.39 is 11.8 Å². The van der Waals surface area contributed by atoms with Gasteiger partial charge in [-0.15, -0.1) is 0 Å². The van der Waals surface area contributed by atoms with Gasteiger partial charge < -0.3 is 25.0 Å². The van der Waals surface area contributed by atoms with Crippen LogP contribution in [0.25, 0.3) is 0 Å². The number of benzene rings is 1. The van der Waals surface area contributed by atoms with Gasteiger partial charge >= 0.3 is 12.1 Å². The summed E-state index contributed by atoms with van der Waals surface area (Å²) in [6.07, 6.45) is 1.19. The summed E-state index contributed by atoms with van der Waals surface area (Å²) < 4.78 is 24.8. The first-order chi connectivity index (χ1) is 15.9. The fourth-order valence-electron chi connectivity index (χ4n) is 3.70. The molecule has 1 atom stereocenters. The van der Waals surface area contributed by atoms with Gasteiger partial charge in [-0.05, 0) is 43.7 Å². The van der Waals surface area contributed by atoms with Crippen molar-refractivity contribution >= 4 is 23.5 Å². The highest BCUT2D eigenvalue weighted by Crippen LogP contribution is 2.20. The van der Waals surface area contributed by atoms with Gasteiger partial charge in [0.1, 0.15) is 5.82 Å². The molecule has 3 rings (SSSR count). The lowest BCUT2D eigenvalue weighted by molar-refractivity contribution is 0.0157. The molecule has 33 heavy (non-hydrogen) atoms. The molecule has 1 aliphatic rings. The Morgan fingerprint density at radius 1 is 1.21 bits per heavy atom. The van der Waals surface area contributed by atoms with Gasteiger partial charge in [-0.1, -0.05) is 6.07 Å². The molecule has 0 bridgehead atoms. The summed E-state index contributed by atoms with van der Waals surface area (Å²) in [6.45, 7) is 6.60. The third-order valence-corrected chi connectivity index (χ3v) is 5.28. The van der Waals surface area contributed by atoms with E-state index in [-0.39, 0.29) is 17.8 Å². The predicted molar refractivity (Wildman–Crippen MR) is 123 cm³/mol. The Balaban J connectivity index is 1.62. The molecule has 1 saturated heterocycles. The van der Waals surface area contributed by atoms with Crippen LogP contribution in [-0.4, -0.2) is 72.9 Å². The number of rotatable bonds is 7. The van der Waals surface area contributed by atoms with Crippen LogP contribution in [0, 0.1) is 12.7 Å². The van der Waals surface area contributed by atoms with Crippen LogP contribution in [0.4, 0.5) is 25.4 Å². The maximum absolute atomic E-state index is 14.3. The van der Waals surface area contributed by atoms with Crippen LogP contribution in [0.5, 0.6) is 0 Å². The zero-order valence-corrected chi connectivity index (χ0v) is 19.1. The number of nitrogens with zero attached hydrogens (tertiary/aromatic N) is 3. The average molecular weight is 460 g/mol. The van der Waals surface area contributed by atoms with Crippen LogP contribution in [0.3, 0.4) is 0 Å². The lowest BCUT2D eigenvalue weighted by Gasteiger charge is -2.40. The Hall–Kier alpha value is -3.24. The molecule has 10 heteroatoms. The number of ether oxygens (including phenoxy) is 2. The summed E-state index contributed by atoms with van der Waals surface area (Å²) in [5.74, 6) is -0.527. The maximum atomic E-state index is 14.3. The predicted octanol–water partition coefficient (Wildman–Crippen LogP) is 3.46. The summed E-state index contributed by atoms with van der Waals surface area (Å²) in [6, 6.07) is 7.43. The molecule has 2 N–H and O–H groups in total. The standard InChI is InChI=1S/C23H30FN5O4/c1-4-33-23(31)29-10-9-28(14-19(29)15-32-3)13-17-6-8-20(24)21(11-17)27-22(30)26-18-7-5-16(2)25-12-18/h5-8,11-12,19H,4,9-10,13-15H2,1-3H3,(H2,26,27,30)/t19-/m0/s1. The second-order valence-electron chi connectivity index (χ2n) is 7.82. The minimum Gasteiger partial charge on any atom is -0.450 e. The Morgan fingerprint density at radius 3 is 2.73 bits per heavy atom. The number of halogens is 1. The number of pyridine rings is 1. The molecule has 1 aliphatic heterocycles. The number of methoxy groups -OCH3 is 1. The highest BCUT2D eigenvalue weighted by Gasteiger charge is 2.31. The first-order valence-corrected chi connectivity index (χ1v) is 10.8. The number of aryl methyl sites for hydroxylation is 1. The van der Waals surface area contributed by atoms with E-state index in [2.05, 4.69) is 20.5 Å². The van der Waals surface area contributed by atoms with Crippen molar-refractivity contribution in [1.82, 2.24) is 14.8 Å². The van der Waals surface area contributed by atoms with Crippen molar-refractivity contribution in [3.63, 3.8) is 0 Å². The largest absolute Gasteiger partial charge is 0.450 e. The number of carbonyl (C=O) groups is 2. The molecule has 1 aromatic heterocycles. The van der Waals surface area contributed by atoms with Crippen molar-refractivity contribution in [2.75, 3.05) is 50.6 Å². The van der Waals surface area contributed by atoms with Gasteiger partial charge in [-0.25, -0.2) is 14.0 Å². The van der Waals surface area contributed by atoms with Gasteiger partial charge in [0.15, 0.2) is 0 Å². The second kappa shape index (κ2) is 11.6. The monoisotopic (exact) mass is 459 g/mol. The zero-order valence-electron chi connectivity index (χ0n) is 19.1. The van der Waals surface area contributed by atoms with Gasteiger partial charge in [0.25, 0.3) is 0 Å². The molecule has 178 valence electrons. The van der Waals surface area contributed by atoms with Gasteiger partial charge in [0.2, 0.25) is 0 Å². The van der Waals surface area contributed by atoms with Crippen LogP contribution in [0.15, 0.2) is 36.5 Å². The number of carbonyl (C=O) groups excluding carboxylic acids is 2. The quantitative estimate of drug-likeness (QED) is 0.658. The van der Waals surface area contributed by atoms with Crippen molar-refractivity contribution in [3.05, 3.63) is 53.6 Å². The van der Waals surface area contributed by atoms with Gasteiger partial charge in [-0.3, -0.25) is 9.88 Å². The third-order valence-electron chi connectivity index (χ3n) is 5.28. The first-order valence-electron chi connectivity index (χ1n) is 10.8. The minimum atomic E-state index is -0.556. The number of piperazine rings is 1. The van der Waals surface area contributed by atoms with Crippen LogP contribution >= 0.6 is 0 Å². The van der Waals surface area contributed by atoms with Crippen molar-refractivity contribution in [3.8, 4) is 0 Å². The molecule has 0 unspecified atom stereocenters. The Bertz CT molecular complexity index is 956. The van der Waals surface area contributed by atoms with Crippen molar-refractivity contribution in [1.29, 1.82) is 0 Å². The smallest absolute Gasteiger partial charge is 0.410 e. The van der Waals surface area contributed by atoms with E-state index in [0.29, 0.717) is 45.1 Å². The normalized spacial score (nSPS) is 16.4. The molecule has 0 spiro atoms. The molecule has 9 nitrogen and oxygen atoms in total. The summed E-state index contributed by atoms with van der Waals surface area (Å²) in [7, 11) is 1.60.